The quantitative estimate of drug-likeness (QED) is 0.940. The predicted octanol–water partition coefficient (Wildman–Crippen LogP) is 2.26. The molecule has 1 heterocycles. The molecule has 0 bridgehead atoms. The van der Waals surface area contributed by atoms with E-state index in [-0.39, 0.29) is 30.7 Å². The Morgan fingerprint density at radius 2 is 1.92 bits per heavy atom. The maximum atomic E-state index is 12.9. The van der Waals surface area contributed by atoms with Crippen LogP contribution in [0.1, 0.15) is 12.5 Å². The smallest absolute Gasteiger partial charge is 0.263 e. The number of anilines is 1. The first-order chi connectivity index (χ1) is 11.5. The van der Waals surface area contributed by atoms with Gasteiger partial charge in [0.2, 0.25) is 5.91 Å². The van der Waals surface area contributed by atoms with E-state index < -0.39 is 6.10 Å². The molecule has 0 saturated carbocycles. The summed E-state index contributed by atoms with van der Waals surface area (Å²) < 4.78 is 18.6. The summed E-state index contributed by atoms with van der Waals surface area (Å²) in [5.41, 5.74) is 1.44. The van der Waals surface area contributed by atoms with E-state index in [2.05, 4.69) is 5.32 Å². The van der Waals surface area contributed by atoms with Crippen LogP contribution in [0.5, 0.6) is 5.75 Å². The third-order valence-corrected chi connectivity index (χ3v) is 3.83. The van der Waals surface area contributed by atoms with Crippen LogP contribution in [0.4, 0.5) is 10.1 Å². The molecule has 0 aliphatic carbocycles. The van der Waals surface area contributed by atoms with Gasteiger partial charge in [-0.05, 0) is 29.8 Å². The van der Waals surface area contributed by atoms with E-state index in [0.717, 1.165) is 5.56 Å². The average molecular weight is 328 g/mol. The van der Waals surface area contributed by atoms with Crippen molar-refractivity contribution in [1.29, 1.82) is 0 Å². The molecule has 24 heavy (non-hydrogen) atoms. The minimum absolute atomic E-state index is 0.151. The summed E-state index contributed by atoms with van der Waals surface area (Å²) in [5.74, 6) is -0.294. The molecule has 0 fully saturated rings. The number of fused-ring (bicyclic) bond motifs is 1. The van der Waals surface area contributed by atoms with Crippen molar-refractivity contribution in [2.24, 2.45) is 0 Å². The Morgan fingerprint density at radius 3 is 2.62 bits per heavy atom. The first-order valence-electron chi connectivity index (χ1n) is 7.60. The normalized spacial score (nSPS) is 16.1. The molecule has 0 aromatic heterocycles. The molecular formula is C18H17FN2O3. The highest BCUT2D eigenvalue weighted by atomic mass is 19.1. The Bertz CT molecular complexity index is 761. The van der Waals surface area contributed by atoms with E-state index in [1.165, 1.54) is 24.0 Å². The highest BCUT2D eigenvalue weighted by Crippen LogP contribution is 2.33. The van der Waals surface area contributed by atoms with Gasteiger partial charge >= 0.3 is 0 Å². The second kappa shape index (κ2) is 6.70. The number of nitrogens with zero attached hydrogens (tertiary/aromatic N) is 1. The number of ether oxygens (including phenoxy) is 1. The van der Waals surface area contributed by atoms with E-state index in [1.54, 1.807) is 30.3 Å². The van der Waals surface area contributed by atoms with Gasteiger partial charge in [-0.15, -0.1) is 0 Å². The fourth-order valence-corrected chi connectivity index (χ4v) is 2.57. The minimum atomic E-state index is -0.788. The summed E-state index contributed by atoms with van der Waals surface area (Å²) in [6.45, 7) is 1.87. The molecular weight excluding hydrogens is 311 g/mol. The number of hydrogen-bond donors (Lipinski definition) is 1. The van der Waals surface area contributed by atoms with Gasteiger partial charge in [0.15, 0.2) is 6.10 Å². The third kappa shape index (κ3) is 3.37. The summed E-state index contributed by atoms with van der Waals surface area (Å²) in [6.07, 6.45) is -0.788. The van der Waals surface area contributed by atoms with Gasteiger partial charge in [0.1, 0.15) is 11.6 Å². The van der Waals surface area contributed by atoms with E-state index in [0.29, 0.717) is 11.4 Å². The highest BCUT2D eigenvalue weighted by molar-refractivity contribution is 5.95. The van der Waals surface area contributed by atoms with E-state index in [1.807, 2.05) is 6.07 Å². The number of amides is 2. The fourth-order valence-electron chi connectivity index (χ4n) is 2.57. The average Bonchev–Trinajstić information content (AvgIpc) is 2.59. The lowest BCUT2D eigenvalue weighted by atomic mass is 10.1. The van der Waals surface area contributed by atoms with Crippen LogP contribution in [0.2, 0.25) is 0 Å². The monoisotopic (exact) mass is 328 g/mol. The SMILES string of the molecule is CC(=O)N1C[C@H](C(=O)NCc2ccc(F)cc2)Oc2ccccc21. The molecule has 0 saturated heterocycles. The number of carbonyl (C=O) groups is 2. The first-order valence-corrected chi connectivity index (χ1v) is 7.60. The van der Waals surface area contributed by atoms with Crippen molar-refractivity contribution < 1.29 is 18.7 Å². The molecule has 2 aromatic carbocycles. The van der Waals surface area contributed by atoms with Gasteiger partial charge < -0.3 is 15.0 Å². The van der Waals surface area contributed by atoms with Gasteiger partial charge in [-0.3, -0.25) is 9.59 Å². The summed E-state index contributed by atoms with van der Waals surface area (Å²) >= 11 is 0. The maximum Gasteiger partial charge on any atom is 0.263 e. The maximum absolute atomic E-state index is 12.9. The van der Waals surface area contributed by atoms with Crippen LogP contribution in [0.25, 0.3) is 0 Å². The summed E-state index contributed by atoms with van der Waals surface area (Å²) in [4.78, 5) is 25.7. The number of rotatable bonds is 3. The molecule has 1 atom stereocenters. The Labute approximate surface area is 139 Å². The van der Waals surface area contributed by atoms with Gasteiger partial charge in [-0.1, -0.05) is 24.3 Å². The van der Waals surface area contributed by atoms with Crippen molar-refractivity contribution >= 4 is 17.5 Å². The van der Waals surface area contributed by atoms with Gasteiger partial charge in [-0.25, -0.2) is 4.39 Å². The molecule has 1 N–H and O–H groups in total. The van der Waals surface area contributed by atoms with E-state index in [9.17, 15) is 14.0 Å². The number of nitrogens with one attached hydrogen (secondary N) is 1. The number of para-hydroxylation sites is 2. The molecule has 0 radical (unpaired) electrons. The molecule has 2 amide bonds. The predicted molar refractivity (Wildman–Crippen MR) is 87.1 cm³/mol. The Hall–Kier alpha value is -2.89. The summed E-state index contributed by atoms with van der Waals surface area (Å²) in [5, 5.41) is 2.75. The lowest BCUT2D eigenvalue weighted by Crippen LogP contribution is -2.50. The van der Waals surface area contributed by atoms with Crippen molar-refractivity contribution in [2.45, 2.75) is 19.6 Å². The molecule has 0 unspecified atom stereocenters. The van der Waals surface area contributed by atoms with Crippen molar-refractivity contribution in [1.82, 2.24) is 5.32 Å². The van der Waals surface area contributed by atoms with Crippen LogP contribution in [-0.2, 0) is 16.1 Å². The molecule has 6 heteroatoms. The number of halogens is 1. The van der Waals surface area contributed by atoms with Crippen LogP contribution in [0, 0.1) is 5.82 Å². The molecule has 5 nitrogen and oxygen atoms in total. The van der Waals surface area contributed by atoms with Crippen LogP contribution in [0.15, 0.2) is 48.5 Å². The van der Waals surface area contributed by atoms with Crippen molar-refractivity contribution in [3.63, 3.8) is 0 Å². The highest BCUT2D eigenvalue weighted by Gasteiger charge is 2.32. The molecule has 124 valence electrons. The molecule has 0 spiro atoms. The van der Waals surface area contributed by atoms with Crippen molar-refractivity contribution in [3.8, 4) is 5.75 Å². The van der Waals surface area contributed by atoms with Gasteiger partial charge in [0.25, 0.3) is 5.91 Å². The number of benzene rings is 2. The minimum Gasteiger partial charge on any atom is -0.477 e. The summed E-state index contributed by atoms with van der Waals surface area (Å²) in [7, 11) is 0. The zero-order valence-corrected chi connectivity index (χ0v) is 13.2. The number of hydrogen-bond acceptors (Lipinski definition) is 3. The van der Waals surface area contributed by atoms with Crippen molar-refractivity contribution in [3.05, 3.63) is 59.9 Å². The summed E-state index contributed by atoms with van der Waals surface area (Å²) in [6, 6.07) is 13.0. The molecule has 2 aromatic rings. The van der Waals surface area contributed by atoms with Gasteiger partial charge in [0.05, 0.1) is 12.2 Å². The van der Waals surface area contributed by atoms with E-state index >= 15 is 0 Å². The Kier molecular flexibility index (Phi) is 4.46. The topological polar surface area (TPSA) is 58.6 Å². The zero-order chi connectivity index (χ0) is 17.1. The van der Waals surface area contributed by atoms with Crippen molar-refractivity contribution in [2.75, 3.05) is 11.4 Å². The lowest BCUT2D eigenvalue weighted by molar-refractivity contribution is -0.128. The number of carbonyl (C=O) groups excluding carboxylic acids is 2. The largest absolute Gasteiger partial charge is 0.477 e. The van der Waals surface area contributed by atoms with Crippen LogP contribution in [0.3, 0.4) is 0 Å². The molecule has 1 aliphatic heterocycles. The second-order valence-electron chi connectivity index (χ2n) is 5.55. The van der Waals surface area contributed by atoms with Crippen LogP contribution in [-0.4, -0.2) is 24.5 Å². The van der Waals surface area contributed by atoms with Gasteiger partial charge in [-0.2, -0.15) is 0 Å². The van der Waals surface area contributed by atoms with Crippen LogP contribution >= 0.6 is 0 Å². The van der Waals surface area contributed by atoms with Gasteiger partial charge in [0, 0.05) is 13.5 Å². The van der Waals surface area contributed by atoms with Crippen LogP contribution < -0.4 is 15.0 Å². The van der Waals surface area contributed by atoms with E-state index in [4.69, 9.17) is 4.74 Å². The molecule has 1 aliphatic rings. The Balaban J connectivity index is 1.69. The zero-order valence-electron chi connectivity index (χ0n) is 13.2. The standard InChI is InChI=1S/C18H17FN2O3/c1-12(22)21-11-17(24-16-5-3-2-4-15(16)21)18(23)20-10-13-6-8-14(19)9-7-13/h2-9,17H,10-11H2,1H3,(H,20,23)/t17-/m1/s1. The second-order valence-corrected chi connectivity index (χ2v) is 5.55. The third-order valence-electron chi connectivity index (χ3n) is 3.83. The lowest BCUT2D eigenvalue weighted by Gasteiger charge is -2.33. The molecule has 3 rings (SSSR count). The fraction of sp³-hybridized carbons (Fsp3) is 0.222. The first kappa shape index (κ1) is 16.0. The Morgan fingerprint density at radius 1 is 1.21 bits per heavy atom.